The lowest BCUT2D eigenvalue weighted by molar-refractivity contribution is 0.357. The molecule has 2 aromatic carbocycles. The van der Waals surface area contributed by atoms with E-state index in [9.17, 15) is 0 Å². The highest BCUT2D eigenvalue weighted by Gasteiger charge is 2.19. The smallest absolute Gasteiger partial charge is 0.122 e. The van der Waals surface area contributed by atoms with Crippen LogP contribution in [0.5, 0.6) is 5.75 Å². The Hall–Kier alpha value is -1.80. The van der Waals surface area contributed by atoms with Crippen molar-refractivity contribution in [2.45, 2.75) is 38.1 Å². The Balaban J connectivity index is 1.61. The first kappa shape index (κ1) is 14.2. The minimum atomic E-state index is -0.170. The van der Waals surface area contributed by atoms with Gasteiger partial charge in [-0.1, -0.05) is 42.5 Å². The van der Waals surface area contributed by atoms with Crippen molar-refractivity contribution in [3.05, 3.63) is 65.2 Å². The van der Waals surface area contributed by atoms with E-state index in [0.717, 1.165) is 38.0 Å². The molecule has 0 fully saturated rings. The molecule has 2 N–H and O–H groups in total. The van der Waals surface area contributed by atoms with Gasteiger partial charge < -0.3 is 10.5 Å². The summed E-state index contributed by atoms with van der Waals surface area (Å²) in [5.41, 5.74) is 10.3. The van der Waals surface area contributed by atoms with Gasteiger partial charge >= 0.3 is 0 Å². The molecule has 3 rings (SSSR count). The van der Waals surface area contributed by atoms with E-state index in [1.54, 1.807) is 0 Å². The fraction of sp³-hybridized carbons (Fsp3) is 0.368. The van der Waals surface area contributed by atoms with Crippen LogP contribution >= 0.6 is 0 Å². The van der Waals surface area contributed by atoms with E-state index in [0.29, 0.717) is 0 Å². The van der Waals surface area contributed by atoms with E-state index in [2.05, 4.69) is 49.4 Å². The van der Waals surface area contributed by atoms with Gasteiger partial charge in [-0.2, -0.15) is 0 Å². The number of nitrogens with two attached hydrogens (primary N) is 1. The van der Waals surface area contributed by atoms with Crippen LogP contribution in [0.2, 0.25) is 0 Å². The van der Waals surface area contributed by atoms with Crippen molar-refractivity contribution in [2.75, 3.05) is 6.61 Å². The number of fused-ring (bicyclic) bond motifs is 1. The van der Waals surface area contributed by atoms with Gasteiger partial charge in [-0.05, 0) is 48.9 Å². The lowest BCUT2D eigenvalue weighted by atomic mass is 9.87. The maximum Gasteiger partial charge on any atom is 0.122 e. The van der Waals surface area contributed by atoms with Crippen LogP contribution in [0.1, 0.15) is 30.0 Å². The van der Waals surface area contributed by atoms with Crippen LogP contribution in [0.3, 0.4) is 0 Å². The van der Waals surface area contributed by atoms with Gasteiger partial charge in [-0.3, -0.25) is 0 Å². The summed E-state index contributed by atoms with van der Waals surface area (Å²) in [6, 6.07) is 17.0. The molecule has 0 aliphatic carbocycles. The van der Waals surface area contributed by atoms with Gasteiger partial charge in [0.25, 0.3) is 0 Å². The van der Waals surface area contributed by atoms with Gasteiger partial charge in [-0.25, -0.2) is 0 Å². The summed E-state index contributed by atoms with van der Waals surface area (Å²) in [6.45, 7) is 2.97. The molecule has 0 radical (unpaired) electrons. The summed E-state index contributed by atoms with van der Waals surface area (Å²) in [5, 5.41) is 0. The second-order valence-electron chi connectivity index (χ2n) is 6.36. The highest BCUT2D eigenvalue weighted by molar-refractivity contribution is 5.39. The molecule has 110 valence electrons. The summed E-state index contributed by atoms with van der Waals surface area (Å²) < 4.78 is 5.55. The van der Waals surface area contributed by atoms with Crippen molar-refractivity contribution in [1.29, 1.82) is 0 Å². The minimum absolute atomic E-state index is 0.170. The zero-order chi connectivity index (χ0) is 14.7. The highest BCUT2D eigenvalue weighted by Crippen LogP contribution is 2.27. The maximum atomic E-state index is 6.48. The van der Waals surface area contributed by atoms with Gasteiger partial charge in [0, 0.05) is 12.0 Å². The predicted octanol–water partition coefficient (Wildman–Crippen LogP) is 3.51. The van der Waals surface area contributed by atoms with Crippen LogP contribution in [-0.2, 0) is 19.3 Å². The fourth-order valence-corrected chi connectivity index (χ4v) is 2.98. The fourth-order valence-electron chi connectivity index (χ4n) is 2.98. The molecule has 0 bridgehead atoms. The molecule has 0 spiro atoms. The first-order chi connectivity index (χ1) is 10.1. The van der Waals surface area contributed by atoms with Crippen LogP contribution in [-0.4, -0.2) is 12.1 Å². The molecule has 2 aromatic rings. The third-order valence-corrected chi connectivity index (χ3v) is 4.19. The average Bonchev–Trinajstić information content (AvgIpc) is 2.93. The second kappa shape index (κ2) is 5.90. The van der Waals surface area contributed by atoms with E-state index in [1.165, 1.54) is 16.7 Å². The SMILES string of the molecule is CC(N)(CCc1ccc2c(c1)CCO2)Cc1ccccc1. The van der Waals surface area contributed by atoms with Crippen molar-refractivity contribution in [3.63, 3.8) is 0 Å². The lowest BCUT2D eigenvalue weighted by Gasteiger charge is -2.25. The van der Waals surface area contributed by atoms with Crippen LogP contribution < -0.4 is 10.5 Å². The molecule has 1 aliphatic rings. The first-order valence-electron chi connectivity index (χ1n) is 7.70. The van der Waals surface area contributed by atoms with Crippen molar-refractivity contribution in [3.8, 4) is 5.75 Å². The summed E-state index contributed by atoms with van der Waals surface area (Å²) in [7, 11) is 0. The zero-order valence-corrected chi connectivity index (χ0v) is 12.6. The number of rotatable bonds is 5. The zero-order valence-electron chi connectivity index (χ0n) is 12.6. The van der Waals surface area contributed by atoms with Crippen molar-refractivity contribution < 1.29 is 4.74 Å². The van der Waals surface area contributed by atoms with Crippen LogP contribution in [0.4, 0.5) is 0 Å². The Labute approximate surface area is 126 Å². The van der Waals surface area contributed by atoms with E-state index in [1.807, 2.05) is 6.07 Å². The summed E-state index contributed by atoms with van der Waals surface area (Å²) in [6.07, 6.45) is 3.96. The molecular formula is C19H23NO. The lowest BCUT2D eigenvalue weighted by Crippen LogP contribution is -2.39. The molecule has 0 aromatic heterocycles. The molecule has 0 saturated heterocycles. The highest BCUT2D eigenvalue weighted by atomic mass is 16.5. The summed E-state index contributed by atoms with van der Waals surface area (Å²) >= 11 is 0. The third kappa shape index (κ3) is 3.64. The van der Waals surface area contributed by atoms with Gasteiger partial charge in [0.05, 0.1) is 6.61 Å². The first-order valence-corrected chi connectivity index (χ1v) is 7.70. The van der Waals surface area contributed by atoms with Crippen molar-refractivity contribution >= 4 is 0 Å². The molecule has 21 heavy (non-hydrogen) atoms. The van der Waals surface area contributed by atoms with Crippen molar-refractivity contribution in [2.24, 2.45) is 5.73 Å². The van der Waals surface area contributed by atoms with Gasteiger partial charge in [0.1, 0.15) is 5.75 Å². The van der Waals surface area contributed by atoms with Crippen LogP contribution in [0.25, 0.3) is 0 Å². The van der Waals surface area contributed by atoms with E-state index in [4.69, 9.17) is 10.5 Å². The topological polar surface area (TPSA) is 35.2 Å². The summed E-state index contributed by atoms with van der Waals surface area (Å²) in [5.74, 6) is 1.05. The Morgan fingerprint density at radius 1 is 1.10 bits per heavy atom. The van der Waals surface area contributed by atoms with Crippen LogP contribution in [0, 0.1) is 0 Å². The quantitative estimate of drug-likeness (QED) is 0.910. The van der Waals surface area contributed by atoms with Crippen molar-refractivity contribution in [1.82, 2.24) is 0 Å². The third-order valence-electron chi connectivity index (χ3n) is 4.19. The number of ether oxygens (including phenoxy) is 1. The summed E-state index contributed by atoms with van der Waals surface area (Å²) in [4.78, 5) is 0. The molecule has 0 saturated carbocycles. The molecule has 2 heteroatoms. The standard InChI is InChI=1S/C19H23NO/c1-19(20,14-16-5-3-2-4-6-16)11-9-15-7-8-18-17(13-15)10-12-21-18/h2-8,13H,9-12,14,20H2,1H3. The number of benzene rings is 2. The Morgan fingerprint density at radius 2 is 1.90 bits per heavy atom. The maximum absolute atomic E-state index is 6.48. The van der Waals surface area contributed by atoms with Gasteiger partial charge in [-0.15, -0.1) is 0 Å². The molecule has 0 amide bonds. The molecular weight excluding hydrogens is 258 g/mol. The molecule has 1 aliphatic heterocycles. The number of aryl methyl sites for hydroxylation is 1. The number of hydrogen-bond donors (Lipinski definition) is 1. The molecule has 1 atom stereocenters. The Bertz CT molecular complexity index is 604. The molecule has 2 nitrogen and oxygen atoms in total. The van der Waals surface area contributed by atoms with E-state index >= 15 is 0 Å². The molecule has 1 unspecified atom stereocenters. The predicted molar refractivity (Wildman–Crippen MR) is 86.7 cm³/mol. The normalized spacial score (nSPS) is 16.1. The van der Waals surface area contributed by atoms with E-state index in [-0.39, 0.29) is 5.54 Å². The minimum Gasteiger partial charge on any atom is -0.493 e. The number of hydrogen-bond acceptors (Lipinski definition) is 2. The van der Waals surface area contributed by atoms with Crippen LogP contribution in [0.15, 0.2) is 48.5 Å². The Morgan fingerprint density at radius 3 is 2.71 bits per heavy atom. The van der Waals surface area contributed by atoms with Gasteiger partial charge in [0.15, 0.2) is 0 Å². The average molecular weight is 281 g/mol. The monoisotopic (exact) mass is 281 g/mol. The Kier molecular flexibility index (Phi) is 3.98. The molecule has 1 heterocycles. The van der Waals surface area contributed by atoms with Gasteiger partial charge in [0.2, 0.25) is 0 Å². The second-order valence-corrected chi connectivity index (χ2v) is 6.36. The van der Waals surface area contributed by atoms with E-state index < -0.39 is 0 Å². The largest absolute Gasteiger partial charge is 0.493 e.